The summed E-state index contributed by atoms with van der Waals surface area (Å²) in [6.07, 6.45) is 0. The second-order valence-electron chi connectivity index (χ2n) is 4.60. The third-order valence-corrected chi connectivity index (χ3v) is 3.87. The van der Waals surface area contributed by atoms with E-state index in [0.29, 0.717) is 0 Å². The van der Waals surface area contributed by atoms with Crippen LogP contribution in [0.3, 0.4) is 0 Å². The number of ketones is 1. The van der Waals surface area contributed by atoms with E-state index in [0.717, 1.165) is 11.0 Å². The van der Waals surface area contributed by atoms with Crippen molar-refractivity contribution in [2.24, 2.45) is 0 Å². The largest absolute Gasteiger partial charge is 0.299 e. The molecule has 2 aromatic carbocycles. The summed E-state index contributed by atoms with van der Waals surface area (Å²) in [6, 6.07) is 8.16. The highest BCUT2D eigenvalue weighted by atomic mass is 79.9. The molecular weight excluding hydrogens is 344 g/mol. The van der Waals surface area contributed by atoms with Gasteiger partial charge in [-0.2, -0.15) is 0 Å². The molecule has 106 valence electrons. The van der Waals surface area contributed by atoms with E-state index < -0.39 is 23.3 Å². The first-order valence-corrected chi connectivity index (χ1v) is 6.87. The van der Waals surface area contributed by atoms with Crippen LogP contribution in [-0.4, -0.2) is 11.7 Å². The van der Waals surface area contributed by atoms with Crippen molar-refractivity contribution in [1.29, 1.82) is 0 Å². The van der Waals surface area contributed by atoms with E-state index in [-0.39, 0.29) is 27.8 Å². The summed E-state index contributed by atoms with van der Waals surface area (Å²) in [5, 5.41) is 0. The van der Waals surface area contributed by atoms with Crippen LogP contribution in [0.15, 0.2) is 40.9 Å². The van der Waals surface area contributed by atoms with Crippen LogP contribution < -0.4 is 4.90 Å². The average molecular weight is 352 g/mol. The Labute approximate surface area is 127 Å². The van der Waals surface area contributed by atoms with Gasteiger partial charge in [-0.25, -0.2) is 8.78 Å². The fourth-order valence-corrected chi connectivity index (χ4v) is 2.95. The van der Waals surface area contributed by atoms with Crippen molar-refractivity contribution in [2.45, 2.75) is 6.54 Å². The number of Topliss-reactive ketones (excluding diaryl/α,β-unsaturated/α-hetero) is 1. The minimum atomic E-state index is -0.792. The lowest BCUT2D eigenvalue weighted by molar-refractivity contribution is -0.114. The summed E-state index contributed by atoms with van der Waals surface area (Å²) in [4.78, 5) is 25.1. The molecule has 0 saturated carbocycles. The van der Waals surface area contributed by atoms with Crippen molar-refractivity contribution in [1.82, 2.24) is 0 Å². The fraction of sp³-hybridized carbons (Fsp3) is 0.0667. The third-order valence-electron chi connectivity index (χ3n) is 3.27. The van der Waals surface area contributed by atoms with Gasteiger partial charge in [-0.15, -0.1) is 0 Å². The summed E-state index contributed by atoms with van der Waals surface area (Å²) in [6.45, 7) is -0.0888. The van der Waals surface area contributed by atoms with E-state index in [4.69, 9.17) is 0 Å². The van der Waals surface area contributed by atoms with E-state index >= 15 is 0 Å². The van der Waals surface area contributed by atoms with Crippen LogP contribution in [0, 0.1) is 11.6 Å². The van der Waals surface area contributed by atoms with Crippen molar-refractivity contribution in [3.63, 3.8) is 0 Å². The molecule has 0 radical (unpaired) electrons. The second kappa shape index (κ2) is 5.04. The first-order chi connectivity index (χ1) is 9.99. The predicted molar refractivity (Wildman–Crippen MR) is 76.0 cm³/mol. The first-order valence-electron chi connectivity index (χ1n) is 6.07. The number of carbonyl (C=O) groups excluding carboxylic acids is 2. The van der Waals surface area contributed by atoms with E-state index in [1.807, 2.05) is 0 Å². The molecule has 1 aliphatic heterocycles. The standard InChI is InChI=1S/C15H8BrF2NO2/c16-11-6-9(17)5-10-13(11)19(15(21)14(10)20)7-8-3-1-2-4-12(8)18/h1-6H,7H2. The van der Waals surface area contributed by atoms with Crippen molar-refractivity contribution < 1.29 is 18.4 Å². The van der Waals surface area contributed by atoms with Gasteiger partial charge in [0, 0.05) is 10.0 Å². The van der Waals surface area contributed by atoms with Gasteiger partial charge in [0.2, 0.25) is 0 Å². The highest BCUT2D eigenvalue weighted by Gasteiger charge is 2.38. The quantitative estimate of drug-likeness (QED) is 0.777. The number of rotatable bonds is 2. The van der Waals surface area contributed by atoms with Gasteiger partial charge in [0.1, 0.15) is 11.6 Å². The zero-order valence-electron chi connectivity index (χ0n) is 10.6. The molecular formula is C15H8BrF2NO2. The van der Waals surface area contributed by atoms with Crippen molar-refractivity contribution in [3.8, 4) is 0 Å². The molecule has 3 rings (SSSR count). The molecule has 1 aliphatic rings. The minimum absolute atomic E-state index is 0.0109. The maximum atomic E-state index is 13.7. The van der Waals surface area contributed by atoms with Gasteiger partial charge in [0.05, 0.1) is 17.8 Å². The number of halogens is 3. The number of fused-ring (bicyclic) bond motifs is 1. The maximum absolute atomic E-state index is 13.7. The third kappa shape index (κ3) is 2.25. The lowest BCUT2D eigenvalue weighted by Crippen LogP contribution is -2.29. The molecule has 0 bridgehead atoms. The Hall–Kier alpha value is -2.08. The van der Waals surface area contributed by atoms with Gasteiger partial charge in [-0.1, -0.05) is 18.2 Å². The van der Waals surface area contributed by atoms with E-state index in [2.05, 4.69) is 15.9 Å². The van der Waals surface area contributed by atoms with Gasteiger partial charge >= 0.3 is 0 Å². The topological polar surface area (TPSA) is 37.4 Å². The number of carbonyl (C=O) groups is 2. The van der Waals surface area contributed by atoms with Crippen LogP contribution in [0.25, 0.3) is 0 Å². The van der Waals surface area contributed by atoms with Crippen LogP contribution in [0.4, 0.5) is 14.5 Å². The van der Waals surface area contributed by atoms with Gasteiger partial charge < -0.3 is 0 Å². The van der Waals surface area contributed by atoms with Crippen molar-refractivity contribution in [3.05, 3.63) is 63.6 Å². The highest BCUT2D eigenvalue weighted by molar-refractivity contribution is 9.10. The Kier molecular flexibility index (Phi) is 3.33. The SMILES string of the molecule is O=C1C(=O)N(Cc2ccccc2F)c2c(Br)cc(F)cc21. The Balaban J connectivity index is 2.08. The Bertz CT molecular complexity index is 776. The zero-order valence-corrected chi connectivity index (χ0v) is 12.2. The molecule has 0 aliphatic carbocycles. The number of amides is 1. The molecule has 0 spiro atoms. The lowest BCUT2D eigenvalue weighted by atomic mass is 10.1. The summed E-state index contributed by atoms with van der Waals surface area (Å²) >= 11 is 3.15. The van der Waals surface area contributed by atoms with Crippen LogP contribution in [-0.2, 0) is 11.3 Å². The van der Waals surface area contributed by atoms with Gasteiger partial charge in [-0.3, -0.25) is 14.5 Å². The normalized spacial score (nSPS) is 13.8. The molecule has 0 aromatic heterocycles. The number of anilines is 1. The van der Waals surface area contributed by atoms with E-state index in [1.165, 1.54) is 24.3 Å². The molecule has 21 heavy (non-hydrogen) atoms. The molecule has 0 N–H and O–H groups in total. The number of benzene rings is 2. The van der Waals surface area contributed by atoms with Crippen molar-refractivity contribution >= 4 is 33.3 Å². The molecule has 0 fully saturated rings. The van der Waals surface area contributed by atoms with Crippen LogP contribution >= 0.6 is 15.9 Å². The zero-order chi connectivity index (χ0) is 15.1. The molecule has 0 atom stereocenters. The predicted octanol–water partition coefficient (Wildman–Crippen LogP) is 3.46. The smallest absolute Gasteiger partial charge is 0.299 e. The Morgan fingerprint density at radius 1 is 1.10 bits per heavy atom. The Morgan fingerprint density at radius 3 is 2.52 bits per heavy atom. The minimum Gasteiger partial charge on any atom is -0.299 e. The number of nitrogens with zero attached hydrogens (tertiary/aromatic N) is 1. The Morgan fingerprint density at radius 2 is 1.81 bits per heavy atom. The van der Waals surface area contributed by atoms with E-state index in [1.54, 1.807) is 6.07 Å². The van der Waals surface area contributed by atoms with Crippen molar-refractivity contribution in [2.75, 3.05) is 4.90 Å². The molecule has 6 heteroatoms. The number of hydrogen-bond donors (Lipinski definition) is 0. The summed E-state index contributed by atoms with van der Waals surface area (Å²) < 4.78 is 27.4. The molecule has 0 unspecified atom stereocenters. The molecule has 1 amide bonds. The van der Waals surface area contributed by atoms with Crippen LogP contribution in [0.5, 0.6) is 0 Å². The molecule has 1 heterocycles. The summed E-state index contributed by atoms with van der Waals surface area (Å²) in [7, 11) is 0. The summed E-state index contributed by atoms with van der Waals surface area (Å²) in [5.41, 5.74) is 0.542. The van der Waals surface area contributed by atoms with Crippen LogP contribution in [0.1, 0.15) is 15.9 Å². The second-order valence-corrected chi connectivity index (χ2v) is 5.45. The van der Waals surface area contributed by atoms with Gasteiger partial charge in [0.15, 0.2) is 0 Å². The molecule has 3 nitrogen and oxygen atoms in total. The monoisotopic (exact) mass is 351 g/mol. The molecule has 2 aromatic rings. The average Bonchev–Trinajstić information content (AvgIpc) is 2.67. The van der Waals surface area contributed by atoms with Crippen LogP contribution in [0.2, 0.25) is 0 Å². The summed E-state index contributed by atoms with van der Waals surface area (Å²) in [5.74, 6) is -2.67. The number of hydrogen-bond acceptors (Lipinski definition) is 2. The highest BCUT2D eigenvalue weighted by Crippen LogP contribution is 2.37. The molecule has 0 saturated heterocycles. The van der Waals surface area contributed by atoms with Gasteiger partial charge in [0.25, 0.3) is 11.7 Å². The fourth-order valence-electron chi connectivity index (χ4n) is 2.30. The lowest BCUT2D eigenvalue weighted by Gasteiger charge is -2.18. The maximum Gasteiger partial charge on any atom is 0.299 e. The van der Waals surface area contributed by atoms with Gasteiger partial charge in [-0.05, 0) is 34.1 Å². The van der Waals surface area contributed by atoms with E-state index in [9.17, 15) is 18.4 Å². The first kappa shape index (κ1) is 13.9.